The molecule has 0 aliphatic heterocycles. The lowest BCUT2D eigenvalue weighted by atomic mass is 10.1. The van der Waals surface area contributed by atoms with E-state index >= 15 is 0 Å². The molecule has 0 heterocycles. The van der Waals surface area contributed by atoms with E-state index in [1.165, 1.54) is 7.11 Å². The molecule has 1 unspecified atom stereocenters. The summed E-state index contributed by atoms with van der Waals surface area (Å²) in [4.78, 5) is 12.9. The molecule has 0 saturated heterocycles. The van der Waals surface area contributed by atoms with Gasteiger partial charge < -0.3 is 9.84 Å². The van der Waals surface area contributed by atoms with Gasteiger partial charge in [0.05, 0.1) is 7.11 Å². The highest BCUT2D eigenvalue weighted by atomic mass is 35.5. The van der Waals surface area contributed by atoms with E-state index in [-0.39, 0.29) is 0 Å². The van der Waals surface area contributed by atoms with E-state index in [1.54, 1.807) is 24.3 Å². The summed E-state index contributed by atoms with van der Waals surface area (Å²) in [6.07, 6.45) is 0. The van der Waals surface area contributed by atoms with Crippen LogP contribution in [0.4, 0.5) is 0 Å². The molecule has 1 atom stereocenters. The highest BCUT2D eigenvalue weighted by Gasteiger charge is 2.18. The number of ether oxygens (including phenoxy) is 1. The van der Waals surface area contributed by atoms with E-state index in [9.17, 15) is 4.79 Å². The van der Waals surface area contributed by atoms with Gasteiger partial charge in [-0.3, -0.25) is 4.79 Å². The van der Waals surface area contributed by atoms with Gasteiger partial charge in [0.15, 0.2) is 0 Å². The Labute approximate surface area is 86.6 Å². The van der Waals surface area contributed by atoms with Crippen molar-refractivity contribution in [1.29, 1.82) is 0 Å². The van der Waals surface area contributed by atoms with E-state index in [4.69, 9.17) is 21.6 Å². The van der Waals surface area contributed by atoms with Crippen LogP contribution in [0.5, 0.6) is 5.75 Å². The van der Waals surface area contributed by atoms with Crippen LogP contribution in [0.15, 0.2) is 24.3 Å². The number of hydrogen-bond acceptors (Lipinski definition) is 3. The van der Waals surface area contributed by atoms with Gasteiger partial charge in [-0.1, -0.05) is 12.1 Å². The van der Waals surface area contributed by atoms with Crippen molar-refractivity contribution in [1.82, 2.24) is 4.84 Å². The number of halogens is 1. The van der Waals surface area contributed by atoms with Gasteiger partial charge in [0.25, 0.3) is 0 Å². The first-order valence-corrected chi connectivity index (χ1v) is 4.29. The Bertz CT molecular complexity index is 330. The fraction of sp³-hybridized carbons (Fsp3) is 0.222. The SMILES string of the molecule is COc1cccc(C(NCl)C(=O)O)c1. The van der Waals surface area contributed by atoms with E-state index in [0.29, 0.717) is 11.3 Å². The van der Waals surface area contributed by atoms with Gasteiger partial charge in [-0.15, -0.1) is 0 Å². The largest absolute Gasteiger partial charge is 0.497 e. The van der Waals surface area contributed by atoms with Crippen LogP contribution in [0.25, 0.3) is 0 Å². The summed E-state index contributed by atoms with van der Waals surface area (Å²) in [5.41, 5.74) is 0.548. The second-order valence-corrected chi connectivity index (χ2v) is 2.88. The molecule has 0 aromatic heterocycles. The monoisotopic (exact) mass is 215 g/mol. The molecule has 2 N–H and O–H groups in total. The van der Waals surface area contributed by atoms with Crippen molar-refractivity contribution < 1.29 is 14.6 Å². The summed E-state index contributed by atoms with van der Waals surface area (Å²) in [5, 5.41) is 8.80. The first-order valence-electron chi connectivity index (χ1n) is 3.92. The Morgan fingerprint density at radius 3 is 2.86 bits per heavy atom. The minimum Gasteiger partial charge on any atom is -0.497 e. The number of methoxy groups -OCH3 is 1. The second-order valence-electron chi connectivity index (χ2n) is 2.66. The molecule has 0 radical (unpaired) electrons. The van der Waals surface area contributed by atoms with Crippen molar-refractivity contribution in [3.8, 4) is 5.75 Å². The zero-order valence-corrected chi connectivity index (χ0v) is 8.28. The summed E-state index contributed by atoms with van der Waals surface area (Å²) in [7, 11) is 1.52. The van der Waals surface area contributed by atoms with Gasteiger partial charge in [-0.05, 0) is 29.5 Å². The molecule has 0 aliphatic carbocycles. The predicted molar refractivity (Wildman–Crippen MR) is 52.4 cm³/mol. The van der Waals surface area contributed by atoms with E-state index in [1.807, 2.05) is 0 Å². The molecule has 0 bridgehead atoms. The van der Waals surface area contributed by atoms with Gasteiger partial charge in [0, 0.05) is 0 Å². The number of hydrogen-bond donors (Lipinski definition) is 2. The molecule has 1 aromatic rings. The quantitative estimate of drug-likeness (QED) is 0.749. The van der Waals surface area contributed by atoms with Crippen LogP contribution in [0, 0.1) is 0 Å². The number of nitrogens with one attached hydrogen (secondary N) is 1. The third-order valence-electron chi connectivity index (χ3n) is 1.78. The smallest absolute Gasteiger partial charge is 0.326 e. The standard InChI is InChI=1S/C9H10ClNO3/c1-14-7-4-2-3-6(5-7)8(11-10)9(12)13/h2-5,8,11H,1H3,(H,12,13). The Hall–Kier alpha value is -1.26. The fourth-order valence-electron chi connectivity index (χ4n) is 1.07. The minimum absolute atomic E-state index is 0.548. The zero-order chi connectivity index (χ0) is 10.6. The van der Waals surface area contributed by atoms with Crippen LogP contribution in [-0.2, 0) is 4.79 Å². The molecular weight excluding hydrogens is 206 g/mol. The maximum atomic E-state index is 10.7. The molecule has 1 aromatic carbocycles. The van der Waals surface area contributed by atoms with Crippen LogP contribution in [0.3, 0.4) is 0 Å². The number of benzene rings is 1. The lowest BCUT2D eigenvalue weighted by molar-refractivity contribution is -0.139. The molecule has 0 aliphatic rings. The van der Waals surface area contributed by atoms with Gasteiger partial charge in [-0.2, -0.15) is 0 Å². The summed E-state index contributed by atoms with van der Waals surface area (Å²) in [5.74, 6) is -0.436. The van der Waals surface area contributed by atoms with Gasteiger partial charge >= 0.3 is 5.97 Å². The first-order chi connectivity index (χ1) is 6.69. The maximum Gasteiger partial charge on any atom is 0.326 e. The average Bonchev–Trinajstić information content (AvgIpc) is 2.19. The molecule has 0 saturated carbocycles. The normalized spacial score (nSPS) is 12.1. The Morgan fingerprint density at radius 2 is 2.36 bits per heavy atom. The zero-order valence-electron chi connectivity index (χ0n) is 7.53. The Kier molecular flexibility index (Phi) is 3.73. The Balaban J connectivity index is 2.98. The molecular formula is C9H10ClNO3. The Morgan fingerprint density at radius 1 is 1.64 bits per heavy atom. The van der Waals surface area contributed by atoms with Crippen molar-refractivity contribution in [3.05, 3.63) is 29.8 Å². The van der Waals surface area contributed by atoms with Crippen LogP contribution in [0.2, 0.25) is 0 Å². The minimum atomic E-state index is -1.03. The van der Waals surface area contributed by atoms with E-state index in [0.717, 1.165) is 0 Å². The number of rotatable bonds is 4. The van der Waals surface area contributed by atoms with Crippen LogP contribution in [-0.4, -0.2) is 18.2 Å². The van der Waals surface area contributed by atoms with Gasteiger partial charge in [-0.25, -0.2) is 4.84 Å². The summed E-state index contributed by atoms with van der Waals surface area (Å²) in [6, 6.07) is 5.80. The van der Waals surface area contributed by atoms with Crippen molar-refractivity contribution in [3.63, 3.8) is 0 Å². The van der Waals surface area contributed by atoms with Crippen molar-refractivity contribution >= 4 is 17.7 Å². The number of aliphatic carboxylic acids is 1. The molecule has 4 nitrogen and oxygen atoms in total. The number of carbonyl (C=O) groups is 1. The number of carboxylic acids is 1. The topological polar surface area (TPSA) is 58.6 Å². The molecule has 0 amide bonds. The summed E-state index contributed by atoms with van der Waals surface area (Å²) < 4.78 is 4.97. The van der Waals surface area contributed by atoms with Crippen molar-refractivity contribution in [2.75, 3.05) is 7.11 Å². The predicted octanol–water partition coefficient (Wildman–Crippen LogP) is 1.56. The van der Waals surface area contributed by atoms with Crippen molar-refractivity contribution in [2.24, 2.45) is 0 Å². The van der Waals surface area contributed by atoms with E-state index in [2.05, 4.69) is 4.84 Å². The van der Waals surface area contributed by atoms with E-state index < -0.39 is 12.0 Å². The van der Waals surface area contributed by atoms with Gasteiger partial charge in [0.1, 0.15) is 11.8 Å². The molecule has 0 spiro atoms. The number of carboxylic acid groups (broad SMARTS) is 1. The third kappa shape index (κ3) is 2.37. The lowest BCUT2D eigenvalue weighted by Gasteiger charge is -2.10. The van der Waals surface area contributed by atoms with Crippen LogP contribution >= 0.6 is 11.8 Å². The third-order valence-corrected chi connectivity index (χ3v) is 2.00. The summed E-state index contributed by atoms with van der Waals surface area (Å²) >= 11 is 5.32. The molecule has 5 heteroatoms. The average molecular weight is 216 g/mol. The highest BCUT2D eigenvalue weighted by molar-refractivity contribution is 6.14. The lowest BCUT2D eigenvalue weighted by Crippen LogP contribution is -2.21. The molecule has 76 valence electrons. The molecule has 14 heavy (non-hydrogen) atoms. The fourth-order valence-corrected chi connectivity index (χ4v) is 1.29. The maximum absolute atomic E-state index is 10.7. The summed E-state index contributed by atoms with van der Waals surface area (Å²) in [6.45, 7) is 0. The van der Waals surface area contributed by atoms with Crippen molar-refractivity contribution in [2.45, 2.75) is 6.04 Å². The highest BCUT2D eigenvalue weighted by Crippen LogP contribution is 2.19. The first kappa shape index (κ1) is 10.8. The van der Waals surface area contributed by atoms with Crippen LogP contribution in [0.1, 0.15) is 11.6 Å². The molecule has 1 rings (SSSR count). The van der Waals surface area contributed by atoms with Gasteiger partial charge in [0.2, 0.25) is 0 Å². The second kappa shape index (κ2) is 4.83. The molecule has 0 fully saturated rings. The van der Waals surface area contributed by atoms with Crippen LogP contribution < -0.4 is 9.57 Å².